The van der Waals surface area contributed by atoms with Crippen molar-refractivity contribution in [2.24, 2.45) is 5.92 Å². The zero-order valence-corrected chi connectivity index (χ0v) is 12.0. The van der Waals surface area contributed by atoms with Crippen LogP contribution in [0, 0.1) is 5.92 Å². The fraction of sp³-hybridized carbons (Fsp3) is 0.333. The van der Waals surface area contributed by atoms with Gasteiger partial charge in [-0.15, -0.1) is 0 Å². The molecule has 3 aromatic rings. The lowest BCUT2D eigenvalue weighted by Crippen LogP contribution is -2.22. The van der Waals surface area contributed by atoms with Crippen molar-refractivity contribution < 1.29 is 9.15 Å². The standard InChI is InChI=1S/C18H19NO2/c1-2-4-17-15(3-1)16-11-14(5-6-18(16)21-17)19-12-13-7-9-20-10-8-13/h1-6,11,13,19H,7-10,12H2. The molecule has 0 saturated carbocycles. The highest BCUT2D eigenvalue weighted by Gasteiger charge is 2.13. The summed E-state index contributed by atoms with van der Waals surface area (Å²) in [6.45, 7) is 2.82. The smallest absolute Gasteiger partial charge is 0.135 e. The Morgan fingerprint density at radius 1 is 0.952 bits per heavy atom. The number of rotatable bonds is 3. The van der Waals surface area contributed by atoms with E-state index >= 15 is 0 Å². The second kappa shape index (κ2) is 5.41. The molecule has 1 fully saturated rings. The van der Waals surface area contributed by atoms with Crippen LogP contribution in [-0.4, -0.2) is 19.8 Å². The Kier molecular flexibility index (Phi) is 3.28. The summed E-state index contributed by atoms with van der Waals surface area (Å²) in [5.41, 5.74) is 3.07. The van der Waals surface area contributed by atoms with Crippen LogP contribution in [0.3, 0.4) is 0 Å². The molecule has 1 aliphatic rings. The van der Waals surface area contributed by atoms with Crippen molar-refractivity contribution in [3.05, 3.63) is 42.5 Å². The zero-order chi connectivity index (χ0) is 14.1. The van der Waals surface area contributed by atoms with Gasteiger partial charge in [-0.1, -0.05) is 18.2 Å². The Morgan fingerprint density at radius 2 is 1.76 bits per heavy atom. The highest BCUT2D eigenvalue weighted by molar-refractivity contribution is 6.05. The number of nitrogens with one attached hydrogen (secondary N) is 1. The molecule has 0 unspecified atom stereocenters. The molecular formula is C18H19NO2. The lowest BCUT2D eigenvalue weighted by molar-refractivity contribution is 0.0699. The quantitative estimate of drug-likeness (QED) is 0.771. The Hall–Kier alpha value is -2.00. The van der Waals surface area contributed by atoms with Crippen LogP contribution in [0.4, 0.5) is 5.69 Å². The van der Waals surface area contributed by atoms with E-state index in [1.165, 1.54) is 16.5 Å². The highest BCUT2D eigenvalue weighted by Crippen LogP contribution is 2.30. The van der Waals surface area contributed by atoms with Gasteiger partial charge in [0.15, 0.2) is 0 Å². The van der Waals surface area contributed by atoms with Gasteiger partial charge in [-0.05, 0) is 43.0 Å². The molecule has 0 bridgehead atoms. The van der Waals surface area contributed by atoms with E-state index in [1.807, 2.05) is 12.1 Å². The van der Waals surface area contributed by atoms with Crippen LogP contribution >= 0.6 is 0 Å². The van der Waals surface area contributed by atoms with E-state index in [2.05, 4.69) is 35.6 Å². The van der Waals surface area contributed by atoms with E-state index in [1.54, 1.807) is 0 Å². The fourth-order valence-electron chi connectivity index (χ4n) is 3.05. The summed E-state index contributed by atoms with van der Waals surface area (Å²) in [4.78, 5) is 0. The Bertz CT molecular complexity index is 756. The lowest BCUT2D eigenvalue weighted by Gasteiger charge is -2.22. The van der Waals surface area contributed by atoms with Crippen LogP contribution < -0.4 is 5.32 Å². The first kappa shape index (κ1) is 12.7. The van der Waals surface area contributed by atoms with Crippen LogP contribution in [0.2, 0.25) is 0 Å². The number of hydrogen-bond donors (Lipinski definition) is 1. The van der Waals surface area contributed by atoms with E-state index in [9.17, 15) is 0 Å². The molecule has 2 aromatic carbocycles. The van der Waals surface area contributed by atoms with E-state index in [0.717, 1.165) is 49.7 Å². The topological polar surface area (TPSA) is 34.4 Å². The minimum Gasteiger partial charge on any atom is -0.456 e. The third kappa shape index (κ3) is 2.49. The molecule has 21 heavy (non-hydrogen) atoms. The van der Waals surface area contributed by atoms with Gasteiger partial charge in [0.1, 0.15) is 11.2 Å². The number of para-hydroxylation sites is 1. The lowest BCUT2D eigenvalue weighted by atomic mass is 10.0. The number of fused-ring (bicyclic) bond motifs is 3. The molecule has 0 amide bonds. The molecule has 2 heterocycles. The number of hydrogen-bond acceptors (Lipinski definition) is 3. The molecular weight excluding hydrogens is 262 g/mol. The van der Waals surface area contributed by atoms with Gasteiger partial charge in [0, 0.05) is 36.2 Å². The zero-order valence-electron chi connectivity index (χ0n) is 12.0. The predicted octanol–water partition coefficient (Wildman–Crippen LogP) is 4.42. The van der Waals surface area contributed by atoms with Gasteiger partial charge < -0.3 is 14.5 Å². The van der Waals surface area contributed by atoms with E-state index in [-0.39, 0.29) is 0 Å². The first-order chi connectivity index (χ1) is 10.4. The summed E-state index contributed by atoms with van der Waals surface area (Å²) < 4.78 is 11.3. The Labute approximate surface area is 123 Å². The van der Waals surface area contributed by atoms with Gasteiger partial charge in [0.05, 0.1) is 0 Å². The summed E-state index contributed by atoms with van der Waals surface area (Å²) in [6, 6.07) is 14.6. The summed E-state index contributed by atoms with van der Waals surface area (Å²) in [7, 11) is 0. The monoisotopic (exact) mass is 281 g/mol. The molecule has 0 spiro atoms. The molecule has 1 aromatic heterocycles. The van der Waals surface area contributed by atoms with Crippen molar-refractivity contribution in [2.45, 2.75) is 12.8 Å². The Morgan fingerprint density at radius 3 is 2.67 bits per heavy atom. The van der Waals surface area contributed by atoms with Gasteiger partial charge in [-0.25, -0.2) is 0 Å². The maximum atomic E-state index is 5.86. The summed E-state index contributed by atoms with van der Waals surface area (Å²) in [5.74, 6) is 0.718. The maximum absolute atomic E-state index is 5.86. The first-order valence-electron chi connectivity index (χ1n) is 7.63. The van der Waals surface area contributed by atoms with Crippen molar-refractivity contribution >= 4 is 27.6 Å². The Balaban J connectivity index is 1.59. The average Bonchev–Trinajstić information content (AvgIpc) is 2.92. The minimum absolute atomic E-state index is 0.718. The number of anilines is 1. The molecule has 0 radical (unpaired) electrons. The summed E-state index contributed by atoms with van der Waals surface area (Å²) >= 11 is 0. The highest BCUT2D eigenvalue weighted by atomic mass is 16.5. The van der Waals surface area contributed by atoms with Crippen LogP contribution in [-0.2, 0) is 4.74 Å². The van der Waals surface area contributed by atoms with Crippen LogP contribution in [0.25, 0.3) is 21.9 Å². The molecule has 1 saturated heterocycles. The van der Waals surface area contributed by atoms with E-state index < -0.39 is 0 Å². The first-order valence-corrected chi connectivity index (χ1v) is 7.63. The fourth-order valence-corrected chi connectivity index (χ4v) is 3.05. The SMILES string of the molecule is c1ccc2c(c1)oc1ccc(NCC3CCOCC3)cc12. The number of furan rings is 1. The van der Waals surface area contributed by atoms with Crippen molar-refractivity contribution in [1.82, 2.24) is 0 Å². The largest absolute Gasteiger partial charge is 0.456 e. The molecule has 1 N–H and O–H groups in total. The average molecular weight is 281 g/mol. The van der Waals surface area contributed by atoms with Gasteiger partial charge >= 0.3 is 0 Å². The molecule has 1 aliphatic heterocycles. The second-order valence-corrected chi connectivity index (χ2v) is 5.75. The van der Waals surface area contributed by atoms with Crippen molar-refractivity contribution in [1.29, 1.82) is 0 Å². The summed E-state index contributed by atoms with van der Waals surface area (Å²) in [5, 5.41) is 5.93. The number of ether oxygens (including phenoxy) is 1. The van der Waals surface area contributed by atoms with Gasteiger partial charge in [-0.3, -0.25) is 0 Å². The molecule has 108 valence electrons. The third-order valence-electron chi connectivity index (χ3n) is 4.31. The normalized spacial score (nSPS) is 16.6. The minimum atomic E-state index is 0.718. The van der Waals surface area contributed by atoms with E-state index in [4.69, 9.17) is 9.15 Å². The maximum Gasteiger partial charge on any atom is 0.135 e. The van der Waals surface area contributed by atoms with Gasteiger partial charge in [-0.2, -0.15) is 0 Å². The van der Waals surface area contributed by atoms with Gasteiger partial charge in [0.25, 0.3) is 0 Å². The van der Waals surface area contributed by atoms with Crippen molar-refractivity contribution in [3.8, 4) is 0 Å². The molecule has 3 heteroatoms. The van der Waals surface area contributed by atoms with Crippen molar-refractivity contribution in [3.63, 3.8) is 0 Å². The van der Waals surface area contributed by atoms with E-state index in [0.29, 0.717) is 0 Å². The summed E-state index contributed by atoms with van der Waals surface area (Å²) in [6.07, 6.45) is 2.31. The van der Waals surface area contributed by atoms with Gasteiger partial charge in [0.2, 0.25) is 0 Å². The van der Waals surface area contributed by atoms with Crippen LogP contribution in [0.1, 0.15) is 12.8 Å². The predicted molar refractivity (Wildman–Crippen MR) is 85.8 cm³/mol. The molecule has 4 rings (SSSR count). The number of benzene rings is 2. The second-order valence-electron chi connectivity index (χ2n) is 5.75. The van der Waals surface area contributed by atoms with Crippen molar-refractivity contribution in [2.75, 3.05) is 25.1 Å². The van der Waals surface area contributed by atoms with Crippen LogP contribution in [0.5, 0.6) is 0 Å². The molecule has 0 atom stereocenters. The third-order valence-corrected chi connectivity index (χ3v) is 4.31. The van der Waals surface area contributed by atoms with Crippen LogP contribution in [0.15, 0.2) is 46.9 Å². The molecule has 0 aliphatic carbocycles. The molecule has 3 nitrogen and oxygen atoms in total.